The van der Waals surface area contributed by atoms with E-state index in [9.17, 15) is 10.2 Å². The Hall–Kier alpha value is -2.62. The molecule has 0 saturated carbocycles. The summed E-state index contributed by atoms with van der Waals surface area (Å²) < 4.78 is 0. The maximum Gasteiger partial charge on any atom is 0.116 e. The van der Waals surface area contributed by atoms with Crippen molar-refractivity contribution in [3.05, 3.63) is 60.2 Å². The molecule has 168 valence electrons. The van der Waals surface area contributed by atoms with Gasteiger partial charge in [0.15, 0.2) is 0 Å². The van der Waals surface area contributed by atoms with Crippen LogP contribution < -0.4 is 0 Å². The van der Waals surface area contributed by atoms with Crippen LogP contribution in [-0.4, -0.2) is 10.2 Å². The molecule has 0 radical (unpaired) electrons. The molecule has 2 N–H and O–H groups in total. The average Bonchev–Trinajstić information content (AvgIpc) is 2.77. The first-order chi connectivity index (χ1) is 15.2. The minimum atomic E-state index is 0.205. The third-order valence-electron chi connectivity index (χ3n) is 5.41. The first-order valence-electron chi connectivity index (χ1n) is 11.9. The Kier molecular flexibility index (Phi) is 12.1. The van der Waals surface area contributed by atoms with E-state index in [1.165, 1.54) is 64.2 Å². The molecule has 0 heterocycles. The van der Waals surface area contributed by atoms with E-state index in [0.717, 1.165) is 24.1 Å². The summed E-state index contributed by atoms with van der Waals surface area (Å²) in [5, 5.41) is 27.7. The van der Waals surface area contributed by atoms with Crippen LogP contribution in [0.3, 0.4) is 0 Å². The summed E-state index contributed by atoms with van der Waals surface area (Å²) in [6.07, 6.45) is 19.8. The molecule has 4 heteroatoms. The molecule has 0 unspecified atom stereocenters. The van der Waals surface area contributed by atoms with E-state index < -0.39 is 0 Å². The Morgan fingerprint density at radius 2 is 1.29 bits per heavy atom. The number of phenolic OH excluding ortho intramolecular Hbond substituents is 2. The highest BCUT2D eigenvalue weighted by Crippen LogP contribution is 2.27. The molecule has 2 rings (SSSR count). The molecule has 0 saturated heterocycles. The summed E-state index contributed by atoms with van der Waals surface area (Å²) in [5.41, 5.74) is 2.37. The fourth-order valence-electron chi connectivity index (χ4n) is 3.54. The van der Waals surface area contributed by atoms with E-state index in [1.807, 2.05) is 0 Å². The molecule has 0 aromatic heterocycles. The number of allylic oxidation sites excluding steroid dienone is 2. The fourth-order valence-corrected chi connectivity index (χ4v) is 3.54. The van der Waals surface area contributed by atoms with Gasteiger partial charge in [-0.3, -0.25) is 0 Å². The smallest absolute Gasteiger partial charge is 0.116 e. The molecule has 0 amide bonds. The van der Waals surface area contributed by atoms with Gasteiger partial charge >= 0.3 is 0 Å². The monoisotopic (exact) mass is 422 g/mol. The predicted octanol–water partition coefficient (Wildman–Crippen LogP) is 8.92. The van der Waals surface area contributed by atoms with Crippen molar-refractivity contribution >= 4 is 11.4 Å². The average molecular weight is 423 g/mol. The number of hydrogen-bond donors (Lipinski definition) is 2. The zero-order valence-corrected chi connectivity index (χ0v) is 19.0. The summed E-state index contributed by atoms with van der Waals surface area (Å²) >= 11 is 0. The highest BCUT2D eigenvalue weighted by molar-refractivity contribution is 5.51. The lowest BCUT2D eigenvalue weighted by Gasteiger charge is -2.03. The van der Waals surface area contributed by atoms with Crippen molar-refractivity contribution in [3.63, 3.8) is 0 Å². The maximum absolute atomic E-state index is 9.83. The number of rotatable bonds is 15. The Morgan fingerprint density at radius 3 is 1.97 bits per heavy atom. The number of phenols is 2. The van der Waals surface area contributed by atoms with Gasteiger partial charge in [0, 0.05) is 0 Å². The van der Waals surface area contributed by atoms with Gasteiger partial charge in [-0.2, -0.15) is 10.2 Å². The molecule has 0 spiro atoms. The number of unbranched alkanes of at least 4 members (excludes halogenated alkanes) is 10. The van der Waals surface area contributed by atoms with Crippen LogP contribution in [0.1, 0.15) is 83.1 Å². The quantitative estimate of drug-likeness (QED) is 0.171. The normalized spacial score (nSPS) is 11.6. The van der Waals surface area contributed by atoms with Crippen molar-refractivity contribution in [2.45, 2.75) is 84.0 Å². The minimum Gasteiger partial charge on any atom is -0.508 e. The van der Waals surface area contributed by atoms with Crippen LogP contribution in [-0.2, 0) is 6.42 Å². The van der Waals surface area contributed by atoms with Gasteiger partial charge < -0.3 is 10.2 Å². The van der Waals surface area contributed by atoms with Gasteiger partial charge in [0.2, 0.25) is 0 Å². The molecule has 2 aromatic carbocycles. The number of benzene rings is 2. The van der Waals surface area contributed by atoms with Crippen LogP contribution in [0.2, 0.25) is 0 Å². The Labute approximate surface area is 187 Å². The second kappa shape index (κ2) is 15.2. The molecular formula is C27H38N2O2. The van der Waals surface area contributed by atoms with Crippen molar-refractivity contribution in [1.82, 2.24) is 0 Å². The lowest BCUT2D eigenvalue weighted by molar-refractivity contribution is 0.474. The first-order valence-corrected chi connectivity index (χ1v) is 11.9. The summed E-state index contributed by atoms with van der Waals surface area (Å²) in [6, 6.07) is 11.8. The second-order valence-corrected chi connectivity index (χ2v) is 8.18. The maximum atomic E-state index is 9.83. The lowest BCUT2D eigenvalue weighted by atomic mass is 10.1. The molecule has 2 aromatic rings. The summed E-state index contributed by atoms with van der Waals surface area (Å²) in [7, 11) is 0. The predicted molar refractivity (Wildman–Crippen MR) is 130 cm³/mol. The zero-order valence-electron chi connectivity index (χ0n) is 19.0. The third-order valence-corrected chi connectivity index (χ3v) is 5.41. The summed E-state index contributed by atoms with van der Waals surface area (Å²) in [6.45, 7) is 2.27. The Morgan fingerprint density at radius 1 is 0.677 bits per heavy atom. The van der Waals surface area contributed by atoms with Crippen molar-refractivity contribution < 1.29 is 10.2 Å². The van der Waals surface area contributed by atoms with E-state index in [-0.39, 0.29) is 11.5 Å². The molecular weight excluding hydrogens is 384 g/mol. The van der Waals surface area contributed by atoms with E-state index >= 15 is 0 Å². The SMILES string of the molecule is CCCCCCCCCCCCC=CCc1cc(O)ccc1N=Nc1ccc(O)cc1. The van der Waals surface area contributed by atoms with Crippen LogP contribution in [0.5, 0.6) is 11.5 Å². The van der Waals surface area contributed by atoms with Crippen molar-refractivity contribution in [2.24, 2.45) is 10.2 Å². The topological polar surface area (TPSA) is 65.2 Å². The minimum absolute atomic E-state index is 0.205. The number of aromatic hydroxyl groups is 2. The van der Waals surface area contributed by atoms with Crippen LogP contribution in [0.15, 0.2) is 64.8 Å². The van der Waals surface area contributed by atoms with Gasteiger partial charge in [-0.15, -0.1) is 0 Å². The number of azo groups is 1. The largest absolute Gasteiger partial charge is 0.508 e. The van der Waals surface area contributed by atoms with Gasteiger partial charge in [-0.25, -0.2) is 0 Å². The molecule has 0 aliphatic rings. The van der Waals surface area contributed by atoms with Crippen LogP contribution in [0, 0.1) is 0 Å². The lowest BCUT2D eigenvalue weighted by Crippen LogP contribution is -1.83. The Bertz CT molecular complexity index is 797. The number of nitrogens with zero attached hydrogens (tertiary/aromatic N) is 2. The molecule has 0 fully saturated rings. The molecule has 0 atom stereocenters. The highest BCUT2D eigenvalue weighted by Gasteiger charge is 2.02. The van der Waals surface area contributed by atoms with Crippen molar-refractivity contribution in [2.75, 3.05) is 0 Å². The third kappa shape index (κ3) is 10.8. The van der Waals surface area contributed by atoms with Crippen LogP contribution in [0.4, 0.5) is 11.4 Å². The van der Waals surface area contributed by atoms with Gasteiger partial charge in [-0.05, 0) is 67.3 Å². The molecule has 31 heavy (non-hydrogen) atoms. The summed E-state index contributed by atoms with van der Waals surface area (Å²) in [4.78, 5) is 0. The highest BCUT2D eigenvalue weighted by atomic mass is 16.3. The molecule has 0 aliphatic carbocycles. The van der Waals surface area contributed by atoms with E-state index in [2.05, 4.69) is 29.3 Å². The van der Waals surface area contributed by atoms with Crippen molar-refractivity contribution in [1.29, 1.82) is 0 Å². The standard InChI is InChI=1S/C27H38N2O2/c1-2-3-4-5-6-7-8-9-10-11-12-13-14-15-23-22-26(31)20-21-27(23)29-28-24-16-18-25(30)19-17-24/h13-14,16-22,30-31H,2-12,15H2,1H3. The fraction of sp³-hybridized carbons (Fsp3) is 0.481. The van der Waals surface area contributed by atoms with E-state index in [0.29, 0.717) is 5.69 Å². The molecule has 4 nitrogen and oxygen atoms in total. The molecule has 0 bridgehead atoms. The first kappa shape index (κ1) is 24.6. The molecule has 0 aliphatic heterocycles. The summed E-state index contributed by atoms with van der Waals surface area (Å²) in [5.74, 6) is 0.443. The number of hydrogen-bond acceptors (Lipinski definition) is 4. The van der Waals surface area contributed by atoms with E-state index in [1.54, 1.807) is 42.5 Å². The van der Waals surface area contributed by atoms with Crippen LogP contribution >= 0.6 is 0 Å². The van der Waals surface area contributed by atoms with Crippen molar-refractivity contribution in [3.8, 4) is 11.5 Å². The van der Waals surface area contributed by atoms with Gasteiger partial charge in [-0.1, -0.05) is 76.9 Å². The van der Waals surface area contributed by atoms with Gasteiger partial charge in [0.05, 0.1) is 11.4 Å². The van der Waals surface area contributed by atoms with Gasteiger partial charge in [0.1, 0.15) is 11.5 Å². The second-order valence-electron chi connectivity index (χ2n) is 8.18. The van der Waals surface area contributed by atoms with E-state index in [4.69, 9.17) is 0 Å². The zero-order chi connectivity index (χ0) is 22.2. The van der Waals surface area contributed by atoms with Gasteiger partial charge in [0.25, 0.3) is 0 Å². The Balaban J connectivity index is 1.68. The van der Waals surface area contributed by atoms with Crippen LogP contribution in [0.25, 0.3) is 0 Å².